The molecule has 0 spiro atoms. The lowest BCUT2D eigenvalue weighted by Gasteiger charge is -2.34. The average molecular weight is 629 g/mol. The number of nitrogens with zero attached hydrogens (tertiary/aromatic N) is 1. The lowest BCUT2D eigenvalue weighted by molar-refractivity contribution is 0.0830. The number of methoxy groups -OCH3 is 1. The van der Waals surface area contributed by atoms with Gasteiger partial charge in [0.2, 0.25) is 10.0 Å². The minimum atomic E-state index is -3.60. The van der Waals surface area contributed by atoms with Gasteiger partial charge in [-0.05, 0) is 59.9 Å². The van der Waals surface area contributed by atoms with Crippen LogP contribution < -0.4 is 25.4 Å². The predicted molar refractivity (Wildman–Crippen MR) is 178 cm³/mol. The third kappa shape index (κ3) is 8.42. The number of ether oxygens (including phenoxy) is 1. The first-order valence-electron chi connectivity index (χ1n) is 15.0. The van der Waals surface area contributed by atoms with E-state index in [0.29, 0.717) is 25.1 Å². The topological polar surface area (TPSA) is 134 Å². The van der Waals surface area contributed by atoms with Crippen molar-refractivity contribution in [3.05, 3.63) is 125 Å². The number of carbonyl (C=O) groups excluding carboxylic acids is 1. The maximum Gasteiger partial charge on any atom is 0.251 e. The number of amides is 1. The number of anilines is 2. The number of benzene rings is 4. The monoisotopic (exact) mass is 628 g/mol. The zero-order valence-corrected chi connectivity index (χ0v) is 26.1. The molecule has 4 aromatic rings. The standard InChI is InChI=1S/C35H40N4O5S/c1-44-32-14-8-11-26(17-32)22-37-23-34(40)33(18-25-9-4-2-5-10-25)38-35(41)29-19-30(36)21-31(20-29)39-24-28(15-16-45(39,42)43)27-12-6-3-7-13-27/h2-14,17,19-21,28,33-34,37,40H,15-16,18,22-24,36H2,1H3,(H,38,41)/t28?,33-,34+/m0/s1. The van der Waals surface area contributed by atoms with E-state index in [1.54, 1.807) is 19.2 Å². The molecule has 1 saturated heterocycles. The highest BCUT2D eigenvalue weighted by molar-refractivity contribution is 7.92. The predicted octanol–water partition coefficient (Wildman–Crippen LogP) is 4.09. The second kappa shape index (κ2) is 14.6. The normalized spacial score (nSPS) is 17.3. The molecule has 1 aliphatic heterocycles. The molecule has 3 atom stereocenters. The van der Waals surface area contributed by atoms with Crippen LogP contribution in [-0.2, 0) is 23.0 Å². The highest BCUT2D eigenvalue weighted by atomic mass is 32.2. The van der Waals surface area contributed by atoms with E-state index in [4.69, 9.17) is 10.5 Å². The van der Waals surface area contributed by atoms with Crippen molar-refractivity contribution < 1.29 is 23.1 Å². The first-order valence-corrected chi connectivity index (χ1v) is 16.6. The van der Waals surface area contributed by atoms with Gasteiger partial charge in [-0.2, -0.15) is 0 Å². The van der Waals surface area contributed by atoms with E-state index < -0.39 is 28.1 Å². The molecule has 10 heteroatoms. The van der Waals surface area contributed by atoms with E-state index in [1.807, 2.05) is 84.9 Å². The third-order valence-electron chi connectivity index (χ3n) is 8.10. The first kappa shape index (κ1) is 32.0. The number of nitrogen functional groups attached to an aromatic ring is 1. The maximum atomic E-state index is 13.7. The molecule has 4 aromatic carbocycles. The highest BCUT2D eigenvalue weighted by Gasteiger charge is 2.33. The van der Waals surface area contributed by atoms with E-state index in [1.165, 1.54) is 10.4 Å². The molecule has 45 heavy (non-hydrogen) atoms. The van der Waals surface area contributed by atoms with Gasteiger partial charge in [0.25, 0.3) is 5.91 Å². The fourth-order valence-corrected chi connectivity index (χ4v) is 7.31. The summed E-state index contributed by atoms with van der Waals surface area (Å²) in [6, 6.07) is 31.1. The van der Waals surface area contributed by atoms with Crippen LogP contribution in [0, 0.1) is 0 Å². The molecule has 1 fully saturated rings. The number of nitrogens with two attached hydrogens (primary N) is 1. The lowest BCUT2D eigenvalue weighted by atomic mass is 9.96. The van der Waals surface area contributed by atoms with Gasteiger partial charge in [-0.1, -0.05) is 72.8 Å². The van der Waals surface area contributed by atoms with Crippen molar-refractivity contribution in [2.45, 2.75) is 37.5 Å². The first-order chi connectivity index (χ1) is 21.7. The molecule has 0 radical (unpaired) electrons. The Labute approximate surface area is 265 Å². The Hall–Kier alpha value is -4.38. The van der Waals surface area contributed by atoms with Crippen LogP contribution >= 0.6 is 0 Å². The Kier molecular flexibility index (Phi) is 10.4. The molecule has 1 heterocycles. The summed E-state index contributed by atoms with van der Waals surface area (Å²) in [5.74, 6) is 0.309. The van der Waals surface area contributed by atoms with E-state index in [9.17, 15) is 18.3 Å². The Morgan fingerprint density at radius 3 is 2.42 bits per heavy atom. The van der Waals surface area contributed by atoms with E-state index in [0.717, 1.165) is 22.4 Å². The molecular formula is C35H40N4O5S. The summed E-state index contributed by atoms with van der Waals surface area (Å²) in [5, 5.41) is 17.5. The molecule has 0 bridgehead atoms. The number of carbonyl (C=O) groups is 1. The Balaban J connectivity index is 1.33. The Bertz CT molecular complexity index is 1690. The lowest BCUT2D eigenvalue weighted by Crippen LogP contribution is -2.48. The fourth-order valence-electron chi connectivity index (χ4n) is 5.67. The second-order valence-electron chi connectivity index (χ2n) is 11.4. The molecule has 0 aromatic heterocycles. The van der Waals surface area contributed by atoms with Gasteiger partial charge in [0.05, 0.1) is 30.7 Å². The molecule has 0 aliphatic carbocycles. The number of hydrogen-bond donors (Lipinski definition) is 4. The molecule has 0 saturated carbocycles. The van der Waals surface area contributed by atoms with Gasteiger partial charge in [0, 0.05) is 36.8 Å². The molecule has 9 nitrogen and oxygen atoms in total. The highest BCUT2D eigenvalue weighted by Crippen LogP contribution is 2.33. The van der Waals surface area contributed by atoms with E-state index in [-0.39, 0.29) is 36.0 Å². The van der Waals surface area contributed by atoms with Crippen LogP contribution in [0.5, 0.6) is 5.75 Å². The summed E-state index contributed by atoms with van der Waals surface area (Å²) >= 11 is 0. The number of aliphatic hydroxyl groups excluding tert-OH is 1. The van der Waals surface area contributed by atoms with Gasteiger partial charge in [-0.25, -0.2) is 8.42 Å². The number of sulfonamides is 1. The van der Waals surface area contributed by atoms with E-state index in [2.05, 4.69) is 10.6 Å². The zero-order valence-electron chi connectivity index (χ0n) is 25.3. The van der Waals surface area contributed by atoms with Crippen molar-refractivity contribution in [1.82, 2.24) is 10.6 Å². The number of aliphatic hydroxyl groups is 1. The summed E-state index contributed by atoms with van der Waals surface area (Å²) in [4.78, 5) is 13.7. The smallest absolute Gasteiger partial charge is 0.251 e. The Morgan fingerprint density at radius 1 is 0.978 bits per heavy atom. The minimum absolute atomic E-state index is 0.00298. The van der Waals surface area contributed by atoms with Crippen LogP contribution in [0.15, 0.2) is 103 Å². The molecule has 5 N–H and O–H groups in total. The second-order valence-corrected chi connectivity index (χ2v) is 13.4. The number of rotatable bonds is 12. The van der Waals surface area contributed by atoms with E-state index >= 15 is 0 Å². The van der Waals surface area contributed by atoms with Gasteiger partial charge in [-0.15, -0.1) is 0 Å². The van der Waals surface area contributed by atoms with Crippen LogP contribution in [0.3, 0.4) is 0 Å². The van der Waals surface area contributed by atoms with Crippen LogP contribution in [0.25, 0.3) is 0 Å². The van der Waals surface area contributed by atoms with Crippen molar-refractivity contribution in [3.63, 3.8) is 0 Å². The summed E-state index contributed by atoms with van der Waals surface area (Å²) in [5.41, 5.74) is 10.1. The minimum Gasteiger partial charge on any atom is -0.497 e. The van der Waals surface area contributed by atoms with Crippen LogP contribution in [-0.4, -0.2) is 57.5 Å². The Morgan fingerprint density at radius 2 is 1.69 bits per heavy atom. The quantitative estimate of drug-likeness (QED) is 0.174. The molecule has 236 valence electrons. The van der Waals surface area contributed by atoms with Gasteiger partial charge in [0.15, 0.2) is 0 Å². The summed E-state index contributed by atoms with van der Waals surface area (Å²) < 4.78 is 33.1. The average Bonchev–Trinajstić information content (AvgIpc) is 3.05. The van der Waals surface area contributed by atoms with Gasteiger partial charge in [-0.3, -0.25) is 9.10 Å². The summed E-state index contributed by atoms with van der Waals surface area (Å²) in [7, 11) is -1.99. The van der Waals surface area contributed by atoms with Crippen LogP contribution in [0.2, 0.25) is 0 Å². The number of hydrogen-bond acceptors (Lipinski definition) is 7. The molecular weight excluding hydrogens is 588 g/mol. The zero-order chi connectivity index (χ0) is 31.8. The maximum absolute atomic E-state index is 13.7. The molecule has 1 unspecified atom stereocenters. The van der Waals surface area contributed by atoms with Crippen molar-refractivity contribution >= 4 is 27.3 Å². The fraction of sp³-hybridized carbons (Fsp3) is 0.286. The van der Waals surface area contributed by atoms with Gasteiger partial charge in [0.1, 0.15) is 5.75 Å². The SMILES string of the molecule is COc1cccc(CNC[C@@H](O)[C@H](Cc2ccccc2)NC(=O)c2cc(N)cc(N3CC(c4ccccc4)CCS3(=O)=O)c2)c1. The summed E-state index contributed by atoms with van der Waals surface area (Å²) in [6.45, 7) is 0.988. The van der Waals surface area contributed by atoms with Crippen molar-refractivity contribution in [1.29, 1.82) is 0 Å². The van der Waals surface area contributed by atoms with Crippen LogP contribution in [0.1, 0.15) is 39.4 Å². The van der Waals surface area contributed by atoms with Crippen LogP contribution in [0.4, 0.5) is 11.4 Å². The molecule has 1 amide bonds. The van der Waals surface area contributed by atoms with Crippen molar-refractivity contribution in [3.8, 4) is 5.75 Å². The largest absolute Gasteiger partial charge is 0.497 e. The number of nitrogens with one attached hydrogen (secondary N) is 2. The third-order valence-corrected chi connectivity index (χ3v) is 9.89. The molecule has 1 aliphatic rings. The van der Waals surface area contributed by atoms with Crippen molar-refractivity contribution in [2.75, 3.05) is 36.0 Å². The van der Waals surface area contributed by atoms with Gasteiger partial charge >= 0.3 is 0 Å². The van der Waals surface area contributed by atoms with Gasteiger partial charge < -0.3 is 26.2 Å². The summed E-state index contributed by atoms with van der Waals surface area (Å²) in [6.07, 6.45) is -0.0127. The van der Waals surface area contributed by atoms with Crippen molar-refractivity contribution in [2.24, 2.45) is 0 Å². The molecule has 5 rings (SSSR count).